The first-order chi connectivity index (χ1) is 8.00. The molecule has 3 nitrogen and oxygen atoms in total. The Balaban J connectivity index is 2.31. The SMILES string of the molecule is CN(C)C(=O)CCCNc1ccc(Cl)c(F)c1. The molecule has 0 saturated carbocycles. The molecular weight excluding hydrogens is 243 g/mol. The number of anilines is 1. The molecule has 0 aliphatic carbocycles. The van der Waals surface area contributed by atoms with Gasteiger partial charge in [0.2, 0.25) is 5.91 Å². The fourth-order valence-electron chi connectivity index (χ4n) is 1.30. The summed E-state index contributed by atoms with van der Waals surface area (Å²) in [7, 11) is 3.45. The van der Waals surface area contributed by atoms with Crippen molar-refractivity contribution in [3.8, 4) is 0 Å². The van der Waals surface area contributed by atoms with E-state index >= 15 is 0 Å². The van der Waals surface area contributed by atoms with Crippen LogP contribution in [-0.4, -0.2) is 31.4 Å². The molecule has 0 saturated heterocycles. The Morgan fingerprint density at radius 3 is 2.76 bits per heavy atom. The molecule has 0 fully saturated rings. The van der Waals surface area contributed by atoms with E-state index < -0.39 is 5.82 Å². The lowest BCUT2D eigenvalue weighted by atomic mass is 10.2. The van der Waals surface area contributed by atoms with Gasteiger partial charge >= 0.3 is 0 Å². The van der Waals surface area contributed by atoms with Crippen LogP contribution < -0.4 is 5.32 Å². The Morgan fingerprint density at radius 2 is 2.18 bits per heavy atom. The normalized spacial score (nSPS) is 10.1. The number of hydrogen-bond donors (Lipinski definition) is 1. The summed E-state index contributed by atoms with van der Waals surface area (Å²) in [5.41, 5.74) is 0.671. The highest BCUT2D eigenvalue weighted by Crippen LogP contribution is 2.18. The Hall–Kier alpha value is -1.29. The summed E-state index contributed by atoms with van der Waals surface area (Å²) in [6.07, 6.45) is 1.19. The molecule has 1 aromatic carbocycles. The van der Waals surface area contributed by atoms with Crippen molar-refractivity contribution in [2.45, 2.75) is 12.8 Å². The molecule has 17 heavy (non-hydrogen) atoms. The maximum absolute atomic E-state index is 13.1. The minimum Gasteiger partial charge on any atom is -0.385 e. The van der Waals surface area contributed by atoms with Crippen molar-refractivity contribution in [3.63, 3.8) is 0 Å². The van der Waals surface area contributed by atoms with Crippen LogP contribution in [-0.2, 0) is 4.79 Å². The maximum atomic E-state index is 13.1. The molecule has 1 aromatic rings. The number of nitrogens with zero attached hydrogens (tertiary/aromatic N) is 1. The molecule has 0 radical (unpaired) electrons. The molecule has 0 bridgehead atoms. The van der Waals surface area contributed by atoms with Crippen molar-refractivity contribution in [3.05, 3.63) is 29.0 Å². The van der Waals surface area contributed by atoms with Crippen LogP contribution in [0.5, 0.6) is 0 Å². The molecule has 1 amide bonds. The minimum atomic E-state index is -0.443. The van der Waals surface area contributed by atoms with Gasteiger partial charge in [-0.1, -0.05) is 11.6 Å². The summed E-state index contributed by atoms with van der Waals surface area (Å²) in [5.74, 6) is -0.352. The smallest absolute Gasteiger partial charge is 0.222 e. The number of carbonyl (C=O) groups excluding carboxylic acids is 1. The molecular formula is C12H16ClFN2O. The molecule has 0 atom stereocenters. The van der Waals surface area contributed by atoms with E-state index in [4.69, 9.17) is 11.6 Å². The first-order valence-electron chi connectivity index (χ1n) is 5.40. The molecule has 1 rings (SSSR count). The lowest BCUT2D eigenvalue weighted by Crippen LogP contribution is -2.22. The molecule has 0 aliphatic rings. The number of nitrogens with one attached hydrogen (secondary N) is 1. The van der Waals surface area contributed by atoms with Crippen LogP contribution in [0.25, 0.3) is 0 Å². The fraction of sp³-hybridized carbons (Fsp3) is 0.417. The molecule has 0 heterocycles. The molecule has 0 unspecified atom stereocenters. The van der Waals surface area contributed by atoms with Crippen LogP contribution in [0.1, 0.15) is 12.8 Å². The monoisotopic (exact) mass is 258 g/mol. The Morgan fingerprint density at radius 1 is 1.47 bits per heavy atom. The second-order valence-electron chi connectivity index (χ2n) is 3.95. The lowest BCUT2D eigenvalue weighted by molar-refractivity contribution is -0.128. The highest BCUT2D eigenvalue weighted by molar-refractivity contribution is 6.30. The number of halogens is 2. The number of rotatable bonds is 5. The van der Waals surface area contributed by atoms with Gasteiger partial charge in [-0.2, -0.15) is 0 Å². The zero-order valence-electron chi connectivity index (χ0n) is 9.96. The summed E-state index contributed by atoms with van der Waals surface area (Å²) in [4.78, 5) is 12.8. The van der Waals surface area contributed by atoms with E-state index in [1.165, 1.54) is 12.1 Å². The summed E-state index contributed by atoms with van der Waals surface area (Å²) in [6, 6.07) is 4.56. The van der Waals surface area contributed by atoms with E-state index in [-0.39, 0.29) is 10.9 Å². The van der Waals surface area contributed by atoms with Crippen molar-refractivity contribution in [1.82, 2.24) is 4.90 Å². The second-order valence-corrected chi connectivity index (χ2v) is 4.35. The number of amides is 1. The molecule has 0 aromatic heterocycles. The van der Waals surface area contributed by atoms with Crippen LogP contribution in [0.2, 0.25) is 5.02 Å². The summed E-state index contributed by atoms with van der Waals surface area (Å²) >= 11 is 5.57. The van der Waals surface area contributed by atoms with Crippen LogP contribution in [0.4, 0.5) is 10.1 Å². The Bertz CT molecular complexity index is 396. The van der Waals surface area contributed by atoms with E-state index in [0.29, 0.717) is 25.1 Å². The largest absolute Gasteiger partial charge is 0.385 e. The highest BCUT2D eigenvalue weighted by atomic mass is 35.5. The molecule has 0 spiro atoms. The molecule has 1 N–H and O–H groups in total. The van der Waals surface area contributed by atoms with Crippen LogP contribution in [0, 0.1) is 5.82 Å². The topological polar surface area (TPSA) is 32.3 Å². The standard InChI is InChI=1S/C12H16ClFN2O/c1-16(2)12(17)4-3-7-15-9-5-6-10(13)11(14)8-9/h5-6,8,15H,3-4,7H2,1-2H3. The Labute approximate surface area is 106 Å². The van der Waals surface area contributed by atoms with E-state index in [0.717, 1.165) is 0 Å². The molecule has 94 valence electrons. The van der Waals surface area contributed by atoms with Crippen molar-refractivity contribution < 1.29 is 9.18 Å². The fourth-order valence-corrected chi connectivity index (χ4v) is 1.42. The van der Waals surface area contributed by atoms with Crippen molar-refractivity contribution in [2.75, 3.05) is 26.0 Å². The van der Waals surface area contributed by atoms with E-state index in [9.17, 15) is 9.18 Å². The van der Waals surface area contributed by atoms with Gasteiger partial charge in [0.05, 0.1) is 5.02 Å². The van der Waals surface area contributed by atoms with Gasteiger partial charge in [-0.25, -0.2) is 4.39 Å². The quantitative estimate of drug-likeness (QED) is 0.824. The van der Waals surface area contributed by atoms with Gasteiger partial charge in [0.25, 0.3) is 0 Å². The van der Waals surface area contributed by atoms with E-state index in [1.807, 2.05) is 0 Å². The predicted octanol–water partition coefficient (Wildman–Crippen LogP) is 2.76. The van der Waals surface area contributed by atoms with Gasteiger partial charge in [0.1, 0.15) is 5.82 Å². The zero-order chi connectivity index (χ0) is 12.8. The third-order valence-electron chi connectivity index (χ3n) is 2.31. The van der Waals surface area contributed by atoms with Crippen molar-refractivity contribution in [2.24, 2.45) is 0 Å². The number of benzene rings is 1. The van der Waals surface area contributed by atoms with E-state index in [2.05, 4.69) is 5.32 Å². The predicted molar refractivity (Wildman–Crippen MR) is 67.8 cm³/mol. The molecule has 5 heteroatoms. The van der Waals surface area contributed by atoms with Gasteiger partial charge in [0, 0.05) is 32.7 Å². The molecule has 0 aliphatic heterocycles. The summed E-state index contributed by atoms with van der Waals surface area (Å²) < 4.78 is 13.1. The average Bonchev–Trinajstić information content (AvgIpc) is 2.28. The number of hydrogen-bond acceptors (Lipinski definition) is 2. The zero-order valence-corrected chi connectivity index (χ0v) is 10.7. The van der Waals surface area contributed by atoms with Crippen LogP contribution in [0.3, 0.4) is 0 Å². The van der Waals surface area contributed by atoms with Crippen molar-refractivity contribution in [1.29, 1.82) is 0 Å². The third-order valence-corrected chi connectivity index (χ3v) is 2.62. The van der Waals surface area contributed by atoms with E-state index in [1.54, 1.807) is 25.1 Å². The first kappa shape index (κ1) is 13.8. The third kappa shape index (κ3) is 4.61. The van der Waals surface area contributed by atoms with Gasteiger partial charge < -0.3 is 10.2 Å². The maximum Gasteiger partial charge on any atom is 0.222 e. The lowest BCUT2D eigenvalue weighted by Gasteiger charge is -2.10. The Kier molecular flexibility index (Phi) is 5.22. The van der Waals surface area contributed by atoms with Gasteiger partial charge in [-0.05, 0) is 24.6 Å². The number of carbonyl (C=O) groups is 1. The average molecular weight is 259 g/mol. The highest BCUT2D eigenvalue weighted by Gasteiger charge is 2.03. The van der Waals surface area contributed by atoms with Gasteiger partial charge in [0.15, 0.2) is 0 Å². The van der Waals surface area contributed by atoms with Crippen molar-refractivity contribution >= 4 is 23.2 Å². The van der Waals surface area contributed by atoms with Crippen LogP contribution >= 0.6 is 11.6 Å². The summed E-state index contributed by atoms with van der Waals surface area (Å²) in [6.45, 7) is 0.626. The summed E-state index contributed by atoms with van der Waals surface area (Å²) in [5, 5.41) is 3.15. The minimum absolute atomic E-state index is 0.0917. The van der Waals surface area contributed by atoms with Gasteiger partial charge in [-0.3, -0.25) is 4.79 Å². The van der Waals surface area contributed by atoms with Gasteiger partial charge in [-0.15, -0.1) is 0 Å². The van der Waals surface area contributed by atoms with Crippen LogP contribution in [0.15, 0.2) is 18.2 Å². The second kappa shape index (κ2) is 6.45. The first-order valence-corrected chi connectivity index (χ1v) is 5.77.